The van der Waals surface area contributed by atoms with Crippen LogP contribution in [0.1, 0.15) is 11.6 Å². The lowest BCUT2D eigenvalue weighted by Crippen LogP contribution is -2.63. The van der Waals surface area contributed by atoms with Crippen LogP contribution >= 0.6 is 11.6 Å². The first kappa shape index (κ1) is 12.4. The summed E-state index contributed by atoms with van der Waals surface area (Å²) in [5.41, 5.74) is 6.82. The smallest absolute Gasteiger partial charge is 0.129 e. The number of rotatable bonds is 2. The highest BCUT2D eigenvalue weighted by molar-refractivity contribution is 6.30. The third kappa shape index (κ3) is 2.14. The Morgan fingerprint density at radius 2 is 2.00 bits per heavy atom. The van der Waals surface area contributed by atoms with Crippen molar-refractivity contribution in [2.45, 2.75) is 12.1 Å². The van der Waals surface area contributed by atoms with Crippen LogP contribution in [0.5, 0.6) is 0 Å². The van der Waals surface area contributed by atoms with Crippen LogP contribution in [0.4, 0.5) is 4.39 Å². The minimum atomic E-state index is -0.298. The van der Waals surface area contributed by atoms with Crippen LogP contribution in [0.15, 0.2) is 18.2 Å². The summed E-state index contributed by atoms with van der Waals surface area (Å²) >= 11 is 5.77. The molecule has 1 aromatic rings. The first-order valence-electron chi connectivity index (χ1n) is 6.32. The lowest BCUT2D eigenvalue weighted by molar-refractivity contribution is 0.00171. The Morgan fingerprint density at radius 1 is 1.28 bits per heavy atom. The van der Waals surface area contributed by atoms with E-state index in [1.54, 1.807) is 12.1 Å². The quantitative estimate of drug-likeness (QED) is 0.883. The molecule has 98 valence electrons. The minimum Gasteiger partial charge on any atom is -0.323 e. The summed E-state index contributed by atoms with van der Waals surface area (Å²) in [6, 6.07) is 4.68. The van der Waals surface area contributed by atoms with Gasteiger partial charge < -0.3 is 5.73 Å². The van der Waals surface area contributed by atoms with E-state index in [0.717, 1.165) is 32.7 Å². The second-order valence-corrected chi connectivity index (χ2v) is 5.53. The van der Waals surface area contributed by atoms with Crippen molar-refractivity contribution >= 4 is 11.6 Å². The lowest BCUT2D eigenvalue weighted by atomic mass is 9.94. The normalized spacial score (nSPS) is 32.5. The molecule has 3 heterocycles. The molecule has 1 aromatic carbocycles. The molecule has 0 amide bonds. The van der Waals surface area contributed by atoms with Gasteiger partial charge in [-0.15, -0.1) is 0 Å². The SMILES string of the molecule is NC(c1ccc(Cl)cc1F)C1CN2CCN1CC2. The molecular formula is C13H17ClFN3. The van der Waals surface area contributed by atoms with Gasteiger partial charge in [0.15, 0.2) is 0 Å². The van der Waals surface area contributed by atoms with Gasteiger partial charge in [0.2, 0.25) is 0 Å². The van der Waals surface area contributed by atoms with Gasteiger partial charge >= 0.3 is 0 Å². The van der Waals surface area contributed by atoms with E-state index in [1.807, 2.05) is 0 Å². The molecule has 4 rings (SSSR count). The molecular weight excluding hydrogens is 253 g/mol. The van der Waals surface area contributed by atoms with E-state index < -0.39 is 0 Å². The highest BCUT2D eigenvalue weighted by Gasteiger charge is 2.36. The molecule has 3 aliphatic heterocycles. The van der Waals surface area contributed by atoms with Gasteiger partial charge in [-0.25, -0.2) is 4.39 Å². The summed E-state index contributed by atoms with van der Waals surface area (Å²) in [6.07, 6.45) is 0. The fourth-order valence-corrected chi connectivity index (χ4v) is 3.14. The molecule has 5 heteroatoms. The van der Waals surface area contributed by atoms with Gasteiger partial charge in [-0.2, -0.15) is 0 Å². The second-order valence-electron chi connectivity index (χ2n) is 5.10. The van der Waals surface area contributed by atoms with E-state index in [9.17, 15) is 4.39 Å². The van der Waals surface area contributed by atoms with E-state index in [-0.39, 0.29) is 17.9 Å². The van der Waals surface area contributed by atoms with E-state index in [0.29, 0.717) is 10.6 Å². The highest BCUT2D eigenvalue weighted by Crippen LogP contribution is 2.28. The maximum atomic E-state index is 13.9. The molecule has 18 heavy (non-hydrogen) atoms. The Bertz CT molecular complexity index is 446. The van der Waals surface area contributed by atoms with Crippen LogP contribution in [0.25, 0.3) is 0 Å². The third-order valence-electron chi connectivity index (χ3n) is 4.06. The first-order chi connectivity index (χ1) is 8.65. The number of hydrogen-bond acceptors (Lipinski definition) is 3. The van der Waals surface area contributed by atoms with Gasteiger partial charge in [0.25, 0.3) is 0 Å². The molecule has 3 fully saturated rings. The molecule has 2 unspecified atom stereocenters. The van der Waals surface area contributed by atoms with Crippen molar-refractivity contribution in [3.8, 4) is 0 Å². The predicted octanol–water partition coefficient (Wildman–Crippen LogP) is 1.48. The molecule has 3 nitrogen and oxygen atoms in total. The maximum Gasteiger partial charge on any atom is 0.129 e. The third-order valence-corrected chi connectivity index (χ3v) is 4.29. The zero-order valence-corrected chi connectivity index (χ0v) is 10.9. The Labute approximate surface area is 111 Å². The highest BCUT2D eigenvalue weighted by atomic mass is 35.5. The maximum absolute atomic E-state index is 13.9. The molecule has 2 bridgehead atoms. The van der Waals surface area contributed by atoms with Crippen molar-refractivity contribution < 1.29 is 4.39 Å². The Kier molecular flexibility index (Phi) is 3.28. The fraction of sp³-hybridized carbons (Fsp3) is 0.538. The zero-order chi connectivity index (χ0) is 12.7. The molecule has 0 radical (unpaired) electrons. The Hall–Kier alpha value is -0.680. The molecule has 0 aliphatic carbocycles. The van der Waals surface area contributed by atoms with Crippen LogP contribution in [-0.4, -0.2) is 48.6 Å². The van der Waals surface area contributed by atoms with Crippen molar-refractivity contribution in [2.75, 3.05) is 32.7 Å². The van der Waals surface area contributed by atoms with Crippen LogP contribution in [-0.2, 0) is 0 Å². The largest absolute Gasteiger partial charge is 0.323 e. The number of fused-ring (bicyclic) bond motifs is 3. The van der Waals surface area contributed by atoms with E-state index >= 15 is 0 Å². The van der Waals surface area contributed by atoms with E-state index in [2.05, 4.69) is 9.80 Å². The summed E-state index contributed by atoms with van der Waals surface area (Å²) in [7, 11) is 0. The van der Waals surface area contributed by atoms with Gasteiger partial charge in [-0.05, 0) is 12.1 Å². The van der Waals surface area contributed by atoms with Gasteiger partial charge in [-0.1, -0.05) is 17.7 Å². The average molecular weight is 270 g/mol. The summed E-state index contributed by atoms with van der Waals surface area (Å²) in [5.74, 6) is -0.298. The molecule has 3 aliphatic rings. The average Bonchev–Trinajstić information content (AvgIpc) is 2.39. The van der Waals surface area contributed by atoms with Crippen LogP contribution in [0, 0.1) is 5.82 Å². The lowest BCUT2D eigenvalue weighted by Gasteiger charge is -2.49. The summed E-state index contributed by atoms with van der Waals surface area (Å²) in [5, 5.41) is 0.415. The Balaban J connectivity index is 1.83. The molecule has 3 saturated heterocycles. The van der Waals surface area contributed by atoms with Crippen LogP contribution in [0.3, 0.4) is 0 Å². The standard InChI is InChI=1S/C13H17ClFN3/c14-9-1-2-10(11(15)7-9)13(16)12-8-17-3-5-18(12)6-4-17/h1-2,7,12-13H,3-6,8,16H2. The molecule has 2 atom stereocenters. The number of nitrogens with zero attached hydrogens (tertiary/aromatic N) is 2. The van der Waals surface area contributed by atoms with Crippen molar-refractivity contribution in [3.63, 3.8) is 0 Å². The molecule has 0 spiro atoms. The minimum absolute atomic E-state index is 0.211. The Morgan fingerprint density at radius 3 is 2.56 bits per heavy atom. The molecule has 2 N–H and O–H groups in total. The second kappa shape index (κ2) is 4.78. The summed E-state index contributed by atoms with van der Waals surface area (Å²) in [6.45, 7) is 5.21. The summed E-state index contributed by atoms with van der Waals surface area (Å²) in [4.78, 5) is 4.77. The van der Waals surface area contributed by atoms with Gasteiger partial charge in [0, 0.05) is 55.4 Å². The number of nitrogens with two attached hydrogens (primary N) is 1. The predicted molar refractivity (Wildman–Crippen MR) is 70.1 cm³/mol. The van der Waals surface area contributed by atoms with Gasteiger partial charge in [0.05, 0.1) is 0 Å². The topological polar surface area (TPSA) is 32.5 Å². The number of halogens is 2. The monoisotopic (exact) mass is 269 g/mol. The number of hydrogen-bond donors (Lipinski definition) is 1. The first-order valence-corrected chi connectivity index (χ1v) is 6.70. The number of benzene rings is 1. The molecule has 0 saturated carbocycles. The van der Waals surface area contributed by atoms with Crippen LogP contribution in [0.2, 0.25) is 5.02 Å². The van der Waals surface area contributed by atoms with Crippen molar-refractivity contribution in [1.82, 2.24) is 9.80 Å². The van der Waals surface area contributed by atoms with Gasteiger partial charge in [-0.3, -0.25) is 9.80 Å². The van der Waals surface area contributed by atoms with E-state index in [4.69, 9.17) is 17.3 Å². The van der Waals surface area contributed by atoms with Crippen LogP contribution < -0.4 is 5.73 Å². The summed E-state index contributed by atoms with van der Waals surface area (Å²) < 4.78 is 13.9. The number of piperazine rings is 3. The van der Waals surface area contributed by atoms with Crippen molar-refractivity contribution in [1.29, 1.82) is 0 Å². The van der Waals surface area contributed by atoms with Crippen molar-refractivity contribution in [2.24, 2.45) is 5.73 Å². The van der Waals surface area contributed by atoms with Crippen molar-refractivity contribution in [3.05, 3.63) is 34.6 Å². The van der Waals surface area contributed by atoms with E-state index in [1.165, 1.54) is 6.07 Å². The molecule has 0 aromatic heterocycles. The zero-order valence-electron chi connectivity index (χ0n) is 10.1. The van der Waals surface area contributed by atoms with Gasteiger partial charge in [0.1, 0.15) is 5.82 Å². The fourth-order valence-electron chi connectivity index (χ4n) is 2.98.